The van der Waals surface area contributed by atoms with Gasteiger partial charge in [-0.25, -0.2) is 4.79 Å². The highest BCUT2D eigenvalue weighted by atomic mass is 79.9. The minimum atomic E-state index is -0.235. The van der Waals surface area contributed by atoms with E-state index < -0.39 is 0 Å². The second-order valence-corrected chi connectivity index (χ2v) is 6.06. The van der Waals surface area contributed by atoms with Gasteiger partial charge in [0.25, 0.3) is 0 Å². The van der Waals surface area contributed by atoms with Crippen LogP contribution in [0.3, 0.4) is 0 Å². The molecule has 0 spiro atoms. The first-order chi connectivity index (χ1) is 9.49. The van der Waals surface area contributed by atoms with Crippen LogP contribution in [0.2, 0.25) is 0 Å². The van der Waals surface area contributed by atoms with Gasteiger partial charge in [-0.3, -0.25) is 9.69 Å². The highest BCUT2D eigenvalue weighted by Crippen LogP contribution is 2.22. The van der Waals surface area contributed by atoms with Gasteiger partial charge in [-0.05, 0) is 24.1 Å². The molecule has 1 heterocycles. The minimum Gasteiger partial charge on any atom is -0.336 e. The first-order valence-electron chi connectivity index (χ1n) is 6.59. The molecule has 108 valence electrons. The first kappa shape index (κ1) is 14.8. The number of halogens is 1. The van der Waals surface area contributed by atoms with Crippen LogP contribution in [0, 0.1) is 5.92 Å². The third kappa shape index (κ3) is 3.30. The Kier molecular flexibility index (Phi) is 4.65. The van der Waals surface area contributed by atoms with Gasteiger partial charge in [0.05, 0.1) is 4.83 Å². The molecule has 0 bridgehead atoms. The number of rotatable bonds is 4. The number of nitrogens with zero attached hydrogens (tertiary/aromatic N) is 1. The number of hydrogen-bond acceptors (Lipinski definition) is 2. The van der Waals surface area contributed by atoms with Crippen molar-refractivity contribution in [2.45, 2.75) is 18.7 Å². The van der Waals surface area contributed by atoms with Crippen LogP contribution in [0.5, 0.6) is 0 Å². The van der Waals surface area contributed by atoms with Crippen molar-refractivity contribution in [2.75, 3.05) is 23.3 Å². The topological polar surface area (TPSA) is 61.4 Å². The maximum atomic E-state index is 12.0. The average Bonchev–Trinajstić information content (AvgIpc) is 2.84. The van der Waals surface area contributed by atoms with Gasteiger partial charge in [0.2, 0.25) is 5.91 Å². The Morgan fingerprint density at radius 1 is 1.45 bits per heavy atom. The van der Waals surface area contributed by atoms with Crippen LogP contribution >= 0.6 is 15.9 Å². The molecule has 1 saturated heterocycles. The molecule has 1 atom stereocenters. The van der Waals surface area contributed by atoms with E-state index in [1.165, 1.54) is 0 Å². The van der Waals surface area contributed by atoms with Gasteiger partial charge in [0, 0.05) is 24.5 Å². The molecule has 6 heteroatoms. The van der Waals surface area contributed by atoms with E-state index in [0.29, 0.717) is 18.8 Å². The lowest BCUT2D eigenvalue weighted by Gasteiger charge is -2.17. The second kappa shape index (κ2) is 6.26. The summed E-state index contributed by atoms with van der Waals surface area (Å²) in [4.78, 5) is 25.0. The number of carbonyl (C=O) groups is 2. The molecule has 3 amide bonds. The lowest BCUT2D eigenvalue weighted by molar-refractivity contribution is -0.116. The van der Waals surface area contributed by atoms with Crippen molar-refractivity contribution >= 4 is 39.2 Å². The SMILES string of the molecule is CC(C)C(Br)C(=O)Nc1cccc(N2CCNC2=O)c1. The number of nitrogens with one attached hydrogen (secondary N) is 2. The number of urea groups is 1. The predicted molar refractivity (Wildman–Crippen MR) is 83.4 cm³/mol. The summed E-state index contributed by atoms with van der Waals surface area (Å²) in [7, 11) is 0. The number of alkyl halides is 1. The number of anilines is 2. The van der Waals surface area contributed by atoms with Crippen LogP contribution < -0.4 is 15.5 Å². The Morgan fingerprint density at radius 2 is 2.20 bits per heavy atom. The van der Waals surface area contributed by atoms with E-state index in [1.54, 1.807) is 4.90 Å². The molecular formula is C14H18BrN3O2. The fourth-order valence-electron chi connectivity index (χ4n) is 1.98. The average molecular weight is 340 g/mol. The lowest BCUT2D eigenvalue weighted by atomic mass is 10.1. The van der Waals surface area contributed by atoms with Gasteiger partial charge in [-0.1, -0.05) is 35.8 Å². The van der Waals surface area contributed by atoms with Crippen molar-refractivity contribution in [1.29, 1.82) is 0 Å². The molecule has 2 rings (SSSR count). The van der Waals surface area contributed by atoms with Crippen LogP contribution in [0.25, 0.3) is 0 Å². The van der Waals surface area contributed by atoms with E-state index in [-0.39, 0.29) is 22.7 Å². The smallest absolute Gasteiger partial charge is 0.321 e. The molecule has 0 aromatic heterocycles. The van der Waals surface area contributed by atoms with Gasteiger partial charge >= 0.3 is 6.03 Å². The van der Waals surface area contributed by atoms with E-state index >= 15 is 0 Å². The van der Waals surface area contributed by atoms with Gasteiger partial charge in [-0.2, -0.15) is 0 Å². The zero-order valence-electron chi connectivity index (χ0n) is 11.5. The van der Waals surface area contributed by atoms with E-state index in [1.807, 2.05) is 38.1 Å². The van der Waals surface area contributed by atoms with E-state index in [2.05, 4.69) is 26.6 Å². The number of amides is 3. The molecule has 0 radical (unpaired) electrons. The van der Waals surface area contributed by atoms with Crippen LogP contribution in [0.4, 0.5) is 16.2 Å². The molecule has 0 saturated carbocycles. The van der Waals surface area contributed by atoms with E-state index in [4.69, 9.17) is 0 Å². The summed E-state index contributed by atoms with van der Waals surface area (Å²) in [6.07, 6.45) is 0. The van der Waals surface area contributed by atoms with E-state index in [9.17, 15) is 9.59 Å². The molecule has 2 N–H and O–H groups in total. The third-order valence-electron chi connectivity index (χ3n) is 3.12. The summed E-state index contributed by atoms with van der Waals surface area (Å²) >= 11 is 3.37. The summed E-state index contributed by atoms with van der Waals surface area (Å²) in [5.74, 6) is 0.130. The summed E-state index contributed by atoms with van der Waals surface area (Å²) in [6, 6.07) is 7.20. The Balaban J connectivity index is 2.10. The molecule has 5 nitrogen and oxygen atoms in total. The summed E-state index contributed by atoms with van der Waals surface area (Å²) in [5.41, 5.74) is 1.48. The molecule has 1 unspecified atom stereocenters. The van der Waals surface area contributed by atoms with Gasteiger partial charge < -0.3 is 10.6 Å². The van der Waals surface area contributed by atoms with Crippen LogP contribution in [-0.4, -0.2) is 29.9 Å². The quantitative estimate of drug-likeness (QED) is 0.828. The van der Waals surface area contributed by atoms with Crippen molar-refractivity contribution in [3.63, 3.8) is 0 Å². The Bertz CT molecular complexity index is 519. The third-order valence-corrected chi connectivity index (χ3v) is 4.59. The molecule has 1 aromatic rings. The Morgan fingerprint density at radius 3 is 2.80 bits per heavy atom. The predicted octanol–water partition coefficient (Wildman–Crippen LogP) is 2.57. The van der Waals surface area contributed by atoms with Crippen molar-refractivity contribution in [2.24, 2.45) is 5.92 Å². The fraction of sp³-hybridized carbons (Fsp3) is 0.429. The van der Waals surface area contributed by atoms with E-state index in [0.717, 1.165) is 5.69 Å². The highest BCUT2D eigenvalue weighted by molar-refractivity contribution is 9.10. The molecule has 20 heavy (non-hydrogen) atoms. The molecular weight excluding hydrogens is 322 g/mol. The fourth-order valence-corrected chi connectivity index (χ4v) is 2.10. The minimum absolute atomic E-state index is 0.0805. The molecule has 0 aliphatic carbocycles. The zero-order chi connectivity index (χ0) is 14.7. The molecule has 1 aliphatic heterocycles. The summed E-state index contributed by atoms with van der Waals surface area (Å²) in [5, 5.41) is 5.61. The molecule has 1 aromatic carbocycles. The van der Waals surface area contributed by atoms with Gasteiger partial charge in [-0.15, -0.1) is 0 Å². The van der Waals surface area contributed by atoms with Gasteiger partial charge in [0.1, 0.15) is 0 Å². The normalized spacial score (nSPS) is 16.2. The van der Waals surface area contributed by atoms with Crippen molar-refractivity contribution < 1.29 is 9.59 Å². The zero-order valence-corrected chi connectivity index (χ0v) is 13.1. The standard InChI is InChI=1S/C14H18BrN3O2/c1-9(2)12(15)13(19)17-10-4-3-5-11(8-10)18-7-6-16-14(18)20/h3-5,8-9,12H,6-7H2,1-2H3,(H,16,20)(H,17,19). The van der Waals surface area contributed by atoms with Crippen LogP contribution in [0.1, 0.15) is 13.8 Å². The molecule has 1 fully saturated rings. The maximum Gasteiger partial charge on any atom is 0.321 e. The molecule has 1 aliphatic rings. The number of hydrogen-bond donors (Lipinski definition) is 2. The summed E-state index contributed by atoms with van der Waals surface area (Å²) < 4.78 is 0. The van der Waals surface area contributed by atoms with Crippen LogP contribution in [0.15, 0.2) is 24.3 Å². The van der Waals surface area contributed by atoms with Crippen molar-refractivity contribution in [3.05, 3.63) is 24.3 Å². The Hall–Kier alpha value is -1.56. The first-order valence-corrected chi connectivity index (χ1v) is 7.51. The number of carbonyl (C=O) groups excluding carboxylic acids is 2. The van der Waals surface area contributed by atoms with Gasteiger partial charge in [0.15, 0.2) is 0 Å². The number of benzene rings is 1. The van der Waals surface area contributed by atoms with Crippen molar-refractivity contribution in [3.8, 4) is 0 Å². The summed E-state index contributed by atoms with van der Waals surface area (Å²) in [6.45, 7) is 5.24. The monoisotopic (exact) mass is 339 g/mol. The lowest BCUT2D eigenvalue weighted by Crippen LogP contribution is -2.28. The largest absolute Gasteiger partial charge is 0.336 e. The van der Waals surface area contributed by atoms with Crippen LogP contribution in [-0.2, 0) is 4.79 Å². The second-order valence-electron chi connectivity index (χ2n) is 5.07. The Labute approximate surface area is 126 Å². The maximum absolute atomic E-state index is 12.0. The van der Waals surface area contributed by atoms with Crippen molar-refractivity contribution in [1.82, 2.24) is 5.32 Å². The highest BCUT2D eigenvalue weighted by Gasteiger charge is 2.22.